The molecule has 7 heteroatoms. The highest BCUT2D eigenvalue weighted by atomic mass is 79.9. The topological polar surface area (TPSA) is 47.9 Å². The van der Waals surface area contributed by atoms with Crippen molar-refractivity contribution in [3.63, 3.8) is 0 Å². The molecule has 0 unspecified atom stereocenters. The largest absolute Gasteiger partial charge is 0.474 e. The summed E-state index contributed by atoms with van der Waals surface area (Å²) in [6, 6.07) is 3.73. The number of nitrogens with zero attached hydrogens (tertiary/aromatic N) is 3. The molecule has 124 valence electrons. The van der Waals surface area contributed by atoms with E-state index in [4.69, 9.17) is 16.3 Å². The molecule has 0 N–H and O–H groups in total. The summed E-state index contributed by atoms with van der Waals surface area (Å²) in [6.07, 6.45) is 6.09. The van der Waals surface area contributed by atoms with Crippen LogP contribution >= 0.6 is 38.9 Å². The van der Waals surface area contributed by atoms with Crippen LogP contribution < -0.4 is 4.74 Å². The maximum atomic E-state index is 6.20. The first-order valence-electron chi connectivity index (χ1n) is 7.85. The molecule has 4 nitrogen and oxygen atoms in total. The molecule has 0 radical (unpaired) electrons. The van der Waals surface area contributed by atoms with E-state index in [9.17, 15) is 0 Å². The molecule has 0 atom stereocenters. The van der Waals surface area contributed by atoms with Gasteiger partial charge in [0.2, 0.25) is 5.88 Å². The Kier molecular flexibility index (Phi) is 4.70. The van der Waals surface area contributed by atoms with Crippen molar-refractivity contribution in [1.82, 2.24) is 15.0 Å². The number of fused-ring (bicyclic) bond motifs is 1. The molecule has 3 heterocycles. The molecule has 3 aromatic heterocycles. The van der Waals surface area contributed by atoms with Crippen LogP contribution in [-0.2, 0) is 0 Å². The number of halogens is 2. The van der Waals surface area contributed by atoms with Gasteiger partial charge in [0.15, 0.2) is 0 Å². The summed E-state index contributed by atoms with van der Waals surface area (Å²) < 4.78 is 7.10. The van der Waals surface area contributed by atoms with Gasteiger partial charge in [0.25, 0.3) is 0 Å². The number of thiazole rings is 1. The monoisotopic (exact) mass is 423 g/mol. The van der Waals surface area contributed by atoms with Gasteiger partial charge in [-0.2, -0.15) is 0 Å². The Morgan fingerprint density at radius 1 is 1.17 bits per heavy atom. The van der Waals surface area contributed by atoms with Gasteiger partial charge in [-0.1, -0.05) is 11.6 Å². The average Bonchev–Trinajstić information content (AvgIpc) is 3.11. The third-order valence-electron chi connectivity index (χ3n) is 4.40. The zero-order valence-corrected chi connectivity index (χ0v) is 15.9. The summed E-state index contributed by atoms with van der Waals surface area (Å²) >= 11 is 11.2. The maximum absolute atomic E-state index is 6.20. The molecule has 4 rings (SSSR count). The Balaban J connectivity index is 1.52. The van der Waals surface area contributed by atoms with Crippen LogP contribution in [0, 0.1) is 0 Å². The van der Waals surface area contributed by atoms with E-state index in [0.717, 1.165) is 41.1 Å². The van der Waals surface area contributed by atoms with Crippen LogP contribution in [0.5, 0.6) is 5.88 Å². The van der Waals surface area contributed by atoms with Crippen LogP contribution in [0.15, 0.2) is 33.7 Å². The second-order valence-electron chi connectivity index (χ2n) is 5.98. The third kappa shape index (κ3) is 3.41. The fourth-order valence-electron chi connectivity index (χ4n) is 3.19. The molecular formula is C17H15BrClN3OS. The molecule has 0 aromatic carbocycles. The lowest BCUT2D eigenvalue weighted by molar-refractivity contribution is 0.142. The Hall–Kier alpha value is -1.24. The van der Waals surface area contributed by atoms with E-state index >= 15 is 0 Å². The minimum atomic E-state index is 0.160. The van der Waals surface area contributed by atoms with Gasteiger partial charge in [0, 0.05) is 28.0 Å². The predicted molar refractivity (Wildman–Crippen MR) is 100.0 cm³/mol. The number of pyridine rings is 2. The van der Waals surface area contributed by atoms with Gasteiger partial charge in [-0.25, -0.2) is 9.97 Å². The standard InChI is InChI=1S/C17H15BrClN3OS/c18-11-5-13-14(20-7-11)6-16(19)22-17(13)23-12-3-1-10(2-4-12)15-8-24-9-21-15/h5-10,12H,1-4H2/t10-,12+. The van der Waals surface area contributed by atoms with E-state index in [2.05, 4.69) is 36.3 Å². The lowest BCUT2D eigenvalue weighted by Gasteiger charge is -2.28. The van der Waals surface area contributed by atoms with Crippen LogP contribution in [-0.4, -0.2) is 21.1 Å². The summed E-state index contributed by atoms with van der Waals surface area (Å²) in [6.45, 7) is 0. The van der Waals surface area contributed by atoms with Crippen molar-refractivity contribution in [2.24, 2.45) is 0 Å². The van der Waals surface area contributed by atoms with Crippen molar-refractivity contribution in [2.45, 2.75) is 37.7 Å². The van der Waals surface area contributed by atoms with Crippen LogP contribution in [0.4, 0.5) is 0 Å². The van der Waals surface area contributed by atoms with Crippen molar-refractivity contribution < 1.29 is 4.74 Å². The van der Waals surface area contributed by atoms with Gasteiger partial charge < -0.3 is 4.74 Å². The predicted octanol–water partition coefficient (Wildman–Crippen LogP) is 5.61. The average molecular weight is 425 g/mol. The van der Waals surface area contributed by atoms with E-state index < -0.39 is 0 Å². The van der Waals surface area contributed by atoms with Crippen molar-refractivity contribution in [3.8, 4) is 5.88 Å². The molecule has 1 aliphatic rings. The molecule has 1 aliphatic carbocycles. The van der Waals surface area contributed by atoms with Crippen molar-refractivity contribution in [2.75, 3.05) is 0 Å². The first kappa shape index (κ1) is 16.2. The normalized spacial score (nSPS) is 21.1. The number of aromatic nitrogens is 3. The minimum absolute atomic E-state index is 0.160. The molecule has 0 saturated heterocycles. The van der Waals surface area contributed by atoms with Crippen LogP contribution in [0.25, 0.3) is 10.9 Å². The maximum Gasteiger partial charge on any atom is 0.224 e. The zero-order chi connectivity index (χ0) is 16.5. The van der Waals surface area contributed by atoms with E-state index in [1.807, 2.05) is 11.6 Å². The van der Waals surface area contributed by atoms with Gasteiger partial charge in [-0.3, -0.25) is 4.98 Å². The first-order chi connectivity index (χ1) is 11.7. The molecule has 1 fully saturated rings. The number of ether oxygens (including phenoxy) is 1. The molecule has 0 aliphatic heterocycles. The third-order valence-corrected chi connectivity index (χ3v) is 5.63. The lowest BCUT2D eigenvalue weighted by Crippen LogP contribution is -2.24. The van der Waals surface area contributed by atoms with Gasteiger partial charge in [-0.05, 0) is 47.7 Å². The van der Waals surface area contributed by atoms with Gasteiger partial charge in [0.05, 0.1) is 22.1 Å². The Bertz CT molecular complexity index is 850. The smallest absolute Gasteiger partial charge is 0.224 e. The molecular weight excluding hydrogens is 410 g/mol. The SMILES string of the molecule is Clc1cc2ncc(Br)cc2c(O[C@H]2CC[C@@H](c3cscn3)CC2)n1. The van der Waals surface area contributed by atoms with Crippen molar-refractivity contribution >= 4 is 49.8 Å². The van der Waals surface area contributed by atoms with Crippen molar-refractivity contribution in [3.05, 3.63) is 44.5 Å². The molecule has 24 heavy (non-hydrogen) atoms. The quantitative estimate of drug-likeness (QED) is 0.513. The highest BCUT2D eigenvalue weighted by molar-refractivity contribution is 9.10. The molecule has 1 saturated carbocycles. The number of hydrogen-bond acceptors (Lipinski definition) is 5. The van der Waals surface area contributed by atoms with Crippen LogP contribution in [0.3, 0.4) is 0 Å². The molecule has 0 amide bonds. The summed E-state index contributed by atoms with van der Waals surface area (Å²) in [5.74, 6) is 1.12. The highest BCUT2D eigenvalue weighted by Gasteiger charge is 2.25. The fraction of sp³-hybridized carbons (Fsp3) is 0.353. The molecule has 0 bridgehead atoms. The molecule has 3 aromatic rings. The van der Waals surface area contributed by atoms with Gasteiger partial charge in [-0.15, -0.1) is 11.3 Å². The summed E-state index contributed by atoms with van der Waals surface area (Å²) in [5, 5.41) is 3.44. The highest BCUT2D eigenvalue weighted by Crippen LogP contribution is 2.35. The number of rotatable bonds is 3. The summed E-state index contributed by atoms with van der Waals surface area (Å²) in [7, 11) is 0. The molecule has 0 spiro atoms. The minimum Gasteiger partial charge on any atom is -0.474 e. The zero-order valence-electron chi connectivity index (χ0n) is 12.8. The number of hydrogen-bond donors (Lipinski definition) is 0. The van der Waals surface area contributed by atoms with Crippen LogP contribution in [0.1, 0.15) is 37.3 Å². The second-order valence-corrected chi connectivity index (χ2v) is 8.00. The van der Waals surface area contributed by atoms with E-state index in [0.29, 0.717) is 17.0 Å². The van der Waals surface area contributed by atoms with Crippen molar-refractivity contribution in [1.29, 1.82) is 0 Å². The Morgan fingerprint density at radius 2 is 2.00 bits per heavy atom. The van der Waals surface area contributed by atoms with Gasteiger partial charge >= 0.3 is 0 Å². The van der Waals surface area contributed by atoms with Crippen LogP contribution in [0.2, 0.25) is 5.15 Å². The summed E-state index contributed by atoms with van der Waals surface area (Å²) in [4.78, 5) is 13.2. The van der Waals surface area contributed by atoms with E-state index in [1.165, 1.54) is 5.69 Å². The first-order valence-corrected chi connectivity index (χ1v) is 9.97. The van der Waals surface area contributed by atoms with E-state index in [-0.39, 0.29) is 6.10 Å². The second kappa shape index (κ2) is 6.94. The Morgan fingerprint density at radius 3 is 2.75 bits per heavy atom. The van der Waals surface area contributed by atoms with E-state index in [1.54, 1.807) is 23.6 Å². The summed E-state index contributed by atoms with van der Waals surface area (Å²) in [5.41, 5.74) is 3.92. The van der Waals surface area contributed by atoms with Gasteiger partial charge in [0.1, 0.15) is 11.3 Å². The fourth-order valence-corrected chi connectivity index (χ4v) is 4.33. The lowest BCUT2D eigenvalue weighted by atomic mass is 9.86. The Labute approximate surface area is 157 Å².